The minimum absolute atomic E-state index is 0.00844. The lowest BCUT2D eigenvalue weighted by Gasteiger charge is -2.32. The number of fused-ring (bicyclic) bond motifs is 1. The quantitative estimate of drug-likeness (QED) is 0.441. The topological polar surface area (TPSA) is 54.3 Å². The van der Waals surface area contributed by atoms with Crippen LogP contribution in [0.15, 0.2) is 67.0 Å². The van der Waals surface area contributed by atoms with Crippen molar-refractivity contribution in [2.45, 2.75) is 26.8 Å². The predicted molar refractivity (Wildman–Crippen MR) is 132 cm³/mol. The van der Waals surface area contributed by atoms with E-state index >= 15 is 0 Å². The number of aromatic nitrogens is 3. The van der Waals surface area contributed by atoms with Gasteiger partial charge in [-0.1, -0.05) is 30.7 Å². The van der Waals surface area contributed by atoms with Gasteiger partial charge in [0.25, 0.3) is 5.91 Å². The van der Waals surface area contributed by atoms with Crippen molar-refractivity contribution in [3.05, 3.63) is 83.9 Å². The van der Waals surface area contributed by atoms with Crippen molar-refractivity contribution < 1.29 is 9.18 Å². The van der Waals surface area contributed by atoms with Gasteiger partial charge in [0.15, 0.2) is 0 Å². The van der Waals surface area contributed by atoms with Gasteiger partial charge < -0.3 is 9.80 Å². The van der Waals surface area contributed by atoms with Gasteiger partial charge in [0.1, 0.15) is 5.82 Å². The molecule has 1 aromatic heterocycles. The molecule has 0 bridgehead atoms. The third kappa shape index (κ3) is 4.14. The van der Waals surface area contributed by atoms with E-state index in [1.165, 1.54) is 10.9 Å². The Bertz CT molecular complexity index is 1340. The van der Waals surface area contributed by atoms with Crippen molar-refractivity contribution in [2.75, 3.05) is 24.5 Å². The normalized spacial score (nSPS) is 18.8. The second-order valence-electron chi connectivity index (χ2n) is 9.18. The van der Waals surface area contributed by atoms with Crippen LogP contribution >= 0.6 is 0 Å². The molecule has 1 fully saturated rings. The van der Waals surface area contributed by atoms with E-state index < -0.39 is 0 Å². The van der Waals surface area contributed by atoms with Gasteiger partial charge in [-0.15, -0.1) is 0 Å². The zero-order chi connectivity index (χ0) is 23.8. The molecule has 2 atom stereocenters. The number of rotatable bonds is 3. The Labute approximate surface area is 198 Å². The first-order valence-corrected chi connectivity index (χ1v) is 11.6. The molecule has 1 amide bonds. The van der Waals surface area contributed by atoms with Gasteiger partial charge in [0, 0.05) is 31.4 Å². The van der Waals surface area contributed by atoms with E-state index in [1.807, 2.05) is 48.2 Å². The SMILES string of the molecule is Cc1ccc(-n2nccn2)c(C(=O)N2CCN(c3ccc4cc(F)ccc4c3)C(C)C(C)C2)c1. The molecule has 2 heterocycles. The maximum atomic E-state index is 13.7. The molecule has 7 heteroatoms. The van der Waals surface area contributed by atoms with Crippen LogP contribution in [0.25, 0.3) is 16.5 Å². The Morgan fingerprint density at radius 3 is 2.47 bits per heavy atom. The lowest BCUT2D eigenvalue weighted by Crippen LogP contribution is -2.37. The van der Waals surface area contributed by atoms with Gasteiger partial charge in [0.2, 0.25) is 0 Å². The van der Waals surface area contributed by atoms with Crippen molar-refractivity contribution in [2.24, 2.45) is 5.92 Å². The monoisotopic (exact) mass is 457 g/mol. The highest BCUT2D eigenvalue weighted by Crippen LogP contribution is 2.29. The molecule has 0 radical (unpaired) electrons. The fraction of sp³-hybridized carbons (Fsp3) is 0.296. The first kappa shape index (κ1) is 22.1. The first-order valence-electron chi connectivity index (χ1n) is 11.6. The molecule has 3 aromatic carbocycles. The number of amides is 1. The number of carbonyl (C=O) groups excluding carboxylic acids is 1. The zero-order valence-electron chi connectivity index (χ0n) is 19.6. The summed E-state index contributed by atoms with van der Waals surface area (Å²) in [7, 11) is 0. The summed E-state index contributed by atoms with van der Waals surface area (Å²) in [5, 5.41) is 10.4. The summed E-state index contributed by atoms with van der Waals surface area (Å²) in [6.45, 7) is 8.36. The summed E-state index contributed by atoms with van der Waals surface area (Å²) in [6, 6.07) is 17.0. The van der Waals surface area contributed by atoms with Crippen LogP contribution in [-0.2, 0) is 0 Å². The highest BCUT2D eigenvalue weighted by Gasteiger charge is 2.30. The summed E-state index contributed by atoms with van der Waals surface area (Å²) in [4.78, 5) is 19.5. The van der Waals surface area contributed by atoms with Crippen LogP contribution in [0.2, 0.25) is 0 Å². The maximum Gasteiger partial charge on any atom is 0.256 e. The summed E-state index contributed by atoms with van der Waals surface area (Å²) in [5.41, 5.74) is 3.40. The molecule has 174 valence electrons. The Balaban J connectivity index is 1.43. The minimum Gasteiger partial charge on any atom is -0.367 e. The van der Waals surface area contributed by atoms with Crippen LogP contribution in [0.1, 0.15) is 29.8 Å². The minimum atomic E-state index is -0.230. The number of hydrogen-bond acceptors (Lipinski definition) is 4. The Morgan fingerprint density at radius 1 is 0.941 bits per heavy atom. The number of benzene rings is 3. The van der Waals surface area contributed by atoms with Crippen molar-refractivity contribution >= 4 is 22.4 Å². The largest absolute Gasteiger partial charge is 0.367 e. The number of carbonyl (C=O) groups is 1. The van der Waals surface area contributed by atoms with Crippen molar-refractivity contribution in [1.29, 1.82) is 0 Å². The van der Waals surface area contributed by atoms with Crippen molar-refractivity contribution in [3.63, 3.8) is 0 Å². The fourth-order valence-corrected chi connectivity index (χ4v) is 4.77. The van der Waals surface area contributed by atoms with Crippen LogP contribution in [0, 0.1) is 18.7 Å². The molecule has 2 unspecified atom stereocenters. The third-order valence-electron chi connectivity index (χ3n) is 6.86. The molecular formula is C27H28FN5O. The van der Waals surface area contributed by atoms with Crippen molar-refractivity contribution in [1.82, 2.24) is 19.9 Å². The molecule has 6 nitrogen and oxygen atoms in total. The Morgan fingerprint density at radius 2 is 1.68 bits per heavy atom. The van der Waals surface area contributed by atoms with Crippen molar-refractivity contribution in [3.8, 4) is 5.69 Å². The van der Waals surface area contributed by atoms with Gasteiger partial charge in [-0.05, 0) is 66.9 Å². The number of halogens is 1. The highest BCUT2D eigenvalue weighted by molar-refractivity contribution is 5.98. The molecule has 34 heavy (non-hydrogen) atoms. The number of aryl methyl sites for hydroxylation is 1. The van der Waals surface area contributed by atoms with E-state index in [-0.39, 0.29) is 23.7 Å². The van der Waals surface area contributed by atoms with Gasteiger partial charge in [-0.25, -0.2) is 4.39 Å². The molecule has 1 saturated heterocycles. The molecule has 5 rings (SSSR count). The first-order chi connectivity index (χ1) is 16.4. The lowest BCUT2D eigenvalue weighted by molar-refractivity contribution is 0.0747. The summed E-state index contributed by atoms with van der Waals surface area (Å²) < 4.78 is 13.6. The number of anilines is 1. The fourth-order valence-electron chi connectivity index (χ4n) is 4.77. The summed E-state index contributed by atoms with van der Waals surface area (Å²) in [6.07, 6.45) is 3.22. The smallest absolute Gasteiger partial charge is 0.256 e. The van der Waals surface area contributed by atoms with Gasteiger partial charge in [0.05, 0.1) is 23.6 Å². The van der Waals surface area contributed by atoms with Gasteiger partial charge in [-0.2, -0.15) is 15.0 Å². The highest BCUT2D eigenvalue weighted by atomic mass is 19.1. The molecule has 1 aliphatic rings. The van der Waals surface area contributed by atoms with E-state index in [9.17, 15) is 9.18 Å². The van der Waals surface area contributed by atoms with Crippen LogP contribution in [0.4, 0.5) is 10.1 Å². The lowest BCUT2D eigenvalue weighted by atomic mass is 10.0. The second kappa shape index (κ2) is 8.89. The van der Waals surface area contributed by atoms with Crippen LogP contribution < -0.4 is 4.90 Å². The maximum absolute atomic E-state index is 13.7. The van der Waals surface area contributed by atoms with Gasteiger partial charge >= 0.3 is 0 Å². The molecule has 0 aliphatic carbocycles. The van der Waals surface area contributed by atoms with Gasteiger partial charge in [-0.3, -0.25) is 4.79 Å². The average molecular weight is 458 g/mol. The summed E-state index contributed by atoms with van der Waals surface area (Å²) >= 11 is 0. The molecule has 4 aromatic rings. The van der Waals surface area contributed by atoms with Crippen LogP contribution in [0.5, 0.6) is 0 Å². The van der Waals surface area contributed by atoms with E-state index in [0.717, 1.165) is 22.0 Å². The second-order valence-corrected chi connectivity index (χ2v) is 9.18. The number of hydrogen-bond donors (Lipinski definition) is 0. The predicted octanol–water partition coefficient (Wildman–Crippen LogP) is 4.86. The van der Waals surface area contributed by atoms with E-state index in [4.69, 9.17) is 0 Å². The number of nitrogens with zero attached hydrogens (tertiary/aromatic N) is 5. The third-order valence-corrected chi connectivity index (χ3v) is 6.86. The molecule has 1 aliphatic heterocycles. The molecule has 0 spiro atoms. The summed E-state index contributed by atoms with van der Waals surface area (Å²) in [5.74, 6) is 0.0179. The van der Waals surface area contributed by atoms with Crippen LogP contribution in [-0.4, -0.2) is 51.5 Å². The van der Waals surface area contributed by atoms with Crippen LogP contribution in [0.3, 0.4) is 0 Å². The van der Waals surface area contributed by atoms with E-state index in [2.05, 4.69) is 35.0 Å². The van der Waals surface area contributed by atoms with E-state index in [0.29, 0.717) is 30.9 Å². The van der Waals surface area contributed by atoms with E-state index in [1.54, 1.807) is 18.5 Å². The molecule has 0 N–H and O–H groups in total. The molecule has 0 saturated carbocycles. The Kier molecular flexibility index (Phi) is 5.77. The average Bonchev–Trinajstić information content (AvgIpc) is 3.32. The zero-order valence-corrected chi connectivity index (χ0v) is 19.6. The molecular weight excluding hydrogens is 429 g/mol. The standard InChI is InChI=1S/C27H28FN5O/c1-18-4-9-26(33-29-10-11-30-33)25(14-18)27(34)31-12-13-32(20(3)19(2)17-31)24-8-6-21-15-23(28)7-5-22(21)16-24/h4-11,14-16,19-20H,12-13,17H2,1-3H3. The Hall–Kier alpha value is -3.74.